The summed E-state index contributed by atoms with van der Waals surface area (Å²) in [7, 11) is 3.20. The number of amidine groups is 2. The summed E-state index contributed by atoms with van der Waals surface area (Å²) in [6.45, 7) is 0. The van der Waals surface area contributed by atoms with Crippen LogP contribution in [0.1, 0.15) is 16.7 Å². The standard InChI is InChI=1S/C27H25N3O3S/c1-32-23-16-20-21(17-24(23)33-2)28-27(34-14-13-18-9-5-3-6-10-18)30-22(26(31)29-25(20)30)15-19-11-7-4-8-12-19/h3-12,16-17,22H,13-15H2,1-2H3/t22-/m0/s1. The number of hydrogen-bond acceptors (Lipinski definition) is 6. The van der Waals surface area contributed by atoms with Crippen LogP contribution < -0.4 is 9.47 Å². The fourth-order valence-electron chi connectivity index (χ4n) is 4.22. The zero-order valence-corrected chi connectivity index (χ0v) is 19.9. The minimum absolute atomic E-state index is 0.155. The van der Waals surface area contributed by atoms with E-state index in [1.807, 2.05) is 65.6 Å². The lowest BCUT2D eigenvalue weighted by Gasteiger charge is -2.31. The average molecular weight is 472 g/mol. The van der Waals surface area contributed by atoms with E-state index in [1.165, 1.54) is 5.56 Å². The van der Waals surface area contributed by atoms with E-state index in [0.29, 0.717) is 23.8 Å². The Morgan fingerprint density at radius 2 is 1.53 bits per heavy atom. The van der Waals surface area contributed by atoms with Crippen molar-refractivity contribution >= 4 is 34.4 Å². The summed E-state index contributed by atoms with van der Waals surface area (Å²) in [6, 6.07) is 23.7. The van der Waals surface area contributed by atoms with Crippen molar-refractivity contribution in [3.05, 3.63) is 89.5 Å². The molecule has 0 radical (unpaired) electrons. The van der Waals surface area contributed by atoms with Crippen molar-refractivity contribution in [3.8, 4) is 11.5 Å². The van der Waals surface area contributed by atoms with E-state index in [-0.39, 0.29) is 5.91 Å². The molecular formula is C27H25N3O3S. The van der Waals surface area contributed by atoms with Crippen molar-refractivity contribution in [1.82, 2.24) is 4.90 Å². The molecule has 0 fully saturated rings. The fourth-order valence-corrected chi connectivity index (χ4v) is 5.26. The maximum atomic E-state index is 13.1. The van der Waals surface area contributed by atoms with E-state index >= 15 is 0 Å². The minimum Gasteiger partial charge on any atom is -0.493 e. The molecule has 0 aromatic heterocycles. The zero-order chi connectivity index (χ0) is 23.5. The second-order valence-corrected chi connectivity index (χ2v) is 9.11. The summed E-state index contributed by atoms with van der Waals surface area (Å²) in [5.74, 6) is 2.48. The normalized spacial score (nSPS) is 16.5. The molecule has 0 saturated heterocycles. The number of ether oxygens (including phenoxy) is 2. The Labute approximate surface area is 203 Å². The van der Waals surface area contributed by atoms with Gasteiger partial charge >= 0.3 is 0 Å². The molecule has 0 N–H and O–H groups in total. The maximum absolute atomic E-state index is 13.1. The summed E-state index contributed by atoms with van der Waals surface area (Å²) in [4.78, 5) is 24.6. The van der Waals surface area contributed by atoms with E-state index in [1.54, 1.807) is 26.0 Å². The van der Waals surface area contributed by atoms with Crippen LogP contribution in [0.5, 0.6) is 11.5 Å². The third-order valence-electron chi connectivity index (χ3n) is 5.94. The molecule has 0 unspecified atom stereocenters. The Kier molecular flexibility index (Phi) is 6.36. The lowest BCUT2D eigenvalue weighted by molar-refractivity contribution is -0.119. The Morgan fingerprint density at radius 1 is 0.882 bits per heavy atom. The number of benzene rings is 3. The van der Waals surface area contributed by atoms with Crippen molar-refractivity contribution in [2.24, 2.45) is 9.98 Å². The SMILES string of the molecule is COc1cc2c(cc1OC)C1=NC(=O)[C@H](Cc3ccccc3)N1C(SCCc1ccccc1)=N2. The monoisotopic (exact) mass is 471 g/mol. The molecule has 0 bridgehead atoms. The Morgan fingerprint density at radius 3 is 2.21 bits per heavy atom. The smallest absolute Gasteiger partial charge is 0.271 e. The van der Waals surface area contributed by atoms with Crippen LogP contribution in [-0.4, -0.2) is 47.8 Å². The summed E-state index contributed by atoms with van der Waals surface area (Å²) in [5, 5.41) is 0.779. The molecule has 172 valence electrons. The lowest BCUT2D eigenvalue weighted by Crippen LogP contribution is -2.44. The maximum Gasteiger partial charge on any atom is 0.271 e. The van der Waals surface area contributed by atoms with Crippen LogP contribution in [-0.2, 0) is 17.6 Å². The molecular weight excluding hydrogens is 446 g/mol. The van der Waals surface area contributed by atoms with Gasteiger partial charge in [-0.15, -0.1) is 0 Å². The van der Waals surface area contributed by atoms with Crippen LogP contribution in [0.25, 0.3) is 0 Å². The highest BCUT2D eigenvalue weighted by atomic mass is 32.2. The molecule has 0 spiro atoms. The molecule has 6 nitrogen and oxygen atoms in total. The summed E-state index contributed by atoms with van der Waals surface area (Å²) in [5.41, 5.74) is 3.85. The summed E-state index contributed by atoms with van der Waals surface area (Å²) >= 11 is 1.64. The van der Waals surface area contributed by atoms with Gasteiger partial charge in [0.25, 0.3) is 5.91 Å². The van der Waals surface area contributed by atoms with Crippen molar-refractivity contribution in [1.29, 1.82) is 0 Å². The van der Waals surface area contributed by atoms with Gasteiger partial charge in [0.2, 0.25) is 0 Å². The topological polar surface area (TPSA) is 63.5 Å². The van der Waals surface area contributed by atoms with E-state index < -0.39 is 6.04 Å². The van der Waals surface area contributed by atoms with Gasteiger partial charge in [0, 0.05) is 23.8 Å². The first-order valence-corrected chi connectivity index (χ1v) is 12.1. The summed E-state index contributed by atoms with van der Waals surface area (Å²) in [6.07, 6.45) is 1.47. The number of fused-ring (bicyclic) bond motifs is 3. The number of hydrogen-bond donors (Lipinski definition) is 0. The van der Waals surface area contributed by atoms with E-state index in [0.717, 1.165) is 34.2 Å². The third-order valence-corrected chi connectivity index (χ3v) is 6.90. The Hall–Kier alpha value is -3.58. The van der Waals surface area contributed by atoms with Gasteiger partial charge < -0.3 is 9.47 Å². The van der Waals surface area contributed by atoms with Crippen molar-refractivity contribution in [2.45, 2.75) is 18.9 Å². The molecule has 2 heterocycles. The van der Waals surface area contributed by atoms with Gasteiger partial charge in [-0.25, -0.2) is 4.99 Å². The number of aryl methyl sites for hydroxylation is 1. The van der Waals surface area contributed by atoms with Crippen LogP contribution in [0.3, 0.4) is 0 Å². The molecule has 0 aliphatic carbocycles. The van der Waals surface area contributed by atoms with Crippen LogP contribution >= 0.6 is 11.8 Å². The highest BCUT2D eigenvalue weighted by Crippen LogP contribution is 2.41. The van der Waals surface area contributed by atoms with E-state index in [9.17, 15) is 4.79 Å². The van der Waals surface area contributed by atoms with E-state index in [4.69, 9.17) is 14.5 Å². The zero-order valence-electron chi connectivity index (χ0n) is 19.1. The van der Waals surface area contributed by atoms with Crippen molar-refractivity contribution < 1.29 is 14.3 Å². The molecule has 1 amide bonds. The number of methoxy groups -OCH3 is 2. The molecule has 3 aromatic carbocycles. The third kappa shape index (κ3) is 4.31. The summed E-state index contributed by atoms with van der Waals surface area (Å²) < 4.78 is 11.0. The first-order valence-electron chi connectivity index (χ1n) is 11.2. The van der Waals surface area contributed by atoms with Gasteiger partial charge in [0.05, 0.1) is 19.9 Å². The number of amides is 1. The number of nitrogens with zero attached hydrogens (tertiary/aromatic N) is 3. The predicted molar refractivity (Wildman–Crippen MR) is 137 cm³/mol. The molecule has 2 aliphatic heterocycles. The molecule has 34 heavy (non-hydrogen) atoms. The van der Waals surface area contributed by atoms with Crippen LogP contribution in [0.2, 0.25) is 0 Å². The van der Waals surface area contributed by atoms with Crippen LogP contribution in [0, 0.1) is 0 Å². The second-order valence-electron chi connectivity index (χ2n) is 8.05. The second kappa shape index (κ2) is 9.73. The molecule has 7 heteroatoms. The molecule has 2 aliphatic rings. The molecule has 1 atom stereocenters. The minimum atomic E-state index is -0.429. The van der Waals surface area contributed by atoms with Gasteiger partial charge in [-0.1, -0.05) is 72.4 Å². The molecule has 3 aromatic rings. The lowest BCUT2D eigenvalue weighted by atomic mass is 10.0. The average Bonchev–Trinajstić information content (AvgIpc) is 3.20. The van der Waals surface area contributed by atoms with Crippen molar-refractivity contribution in [2.75, 3.05) is 20.0 Å². The van der Waals surface area contributed by atoms with Gasteiger partial charge in [-0.2, -0.15) is 4.99 Å². The predicted octanol–water partition coefficient (Wildman–Crippen LogP) is 4.88. The first-order chi connectivity index (χ1) is 16.7. The van der Waals surface area contributed by atoms with Crippen LogP contribution in [0.4, 0.5) is 5.69 Å². The van der Waals surface area contributed by atoms with Gasteiger partial charge in [-0.05, 0) is 23.6 Å². The fraction of sp³-hybridized carbons (Fsp3) is 0.222. The van der Waals surface area contributed by atoms with Crippen molar-refractivity contribution in [3.63, 3.8) is 0 Å². The highest BCUT2D eigenvalue weighted by molar-refractivity contribution is 8.13. The number of thioether (sulfide) groups is 1. The van der Waals surface area contributed by atoms with Gasteiger partial charge in [-0.3, -0.25) is 9.69 Å². The molecule has 5 rings (SSSR count). The largest absolute Gasteiger partial charge is 0.493 e. The Balaban J connectivity index is 1.50. The number of aliphatic imine (C=N–C) groups is 2. The molecule has 0 saturated carbocycles. The number of rotatable bonds is 7. The van der Waals surface area contributed by atoms with Gasteiger partial charge in [0.15, 0.2) is 16.7 Å². The number of carbonyl (C=O) groups excluding carboxylic acids is 1. The quantitative estimate of drug-likeness (QED) is 0.491. The first kappa shape index (κ1) is 22.2. The Bertz CT molecular complexity index is 1260. The van der Waals surface area contributed by atoms with E-state index in [2.05, 4.69) is 17.1 Å². The highest BCUT2D eigenvalue weighted by Gasteiger charge is 2.42. The van der Waals surface area contributed by atoms with Crippen LogP contribution in [0.15, 0.2) is 82.8 Å². The number of carbonyl (C=O) groups is 1. The van der Waals surface area contributed by atoms with Gasteiger partial charge in [0.1, 0.15) is 11.9 Å².